The van der Waals surface area contributed by atoms with E-state index >= 15 is 0 Å². The smallest absolute Gasteiger partial charge is 0.302 e. The van der Waals surface area contributed by atoms with Crippen LogP contribution in [0.2, 0.25) is 0 Å². The molecule has 0 N–H and O–H groups in total. The molecule has 0 spiro atoms. The van der Waals surface area contributed by atoms with Gasteiger partial charge >= 0.3 is 5.97 Å². The first-order valence-electron chi connectivity index (χ1n) is 10.2. The summed E-state index contributed by atoms with van der Waals surface area (Å²) in [6, 6.07) is 0. The van der Waals surface area contributed by atoms with Crippen molar-refractivity contribution in [3.8, 4) is 0 Å². The summed E-state index contributed by atoms with van der Waals surface area (Å²) in [6.07, 6.45) is 11.8. The maximum Gasteiger partial charge on any atom is 0.302 e. The molecule has 4 fully saturated rings. The van der Waals surface area contributed by atoms with Crippen LogP contribution in [0.3, 0.4) is 0 Å². The Balaban J connectivity index is 1.58. The van der Waals surface area contributed by atoms with Gasteiger partial charge in [-0.2, -0.15) is 0 Å². The van der Waals surface area contributed by atoms with Crippen molar-refractivity contribution < 1.29 is 9.53 Å². The fourth-order valence-corrected chi connectivity index (χ4v) is 7.50. The number of rotatable bonds is 1. The second kappa shape index (κ2) is 5.61. The molecule has 2 heteroatoms. The van der Waals surface area contributed by atoms with Crippen molar-refractivity contribution in [1.82, 2.24) is 0 Å². The van der Waals surface area contributed by atoms with Crippen molar-refractivity contribution in [1.29, 1.82) is 0 Å². The van der Waals surface area contributed by atoms with E-state index in [4.69, 9.17) is 4.74 Å². The molecule has 0 bridgehead atoms. The number of fused-ring (bicyclic) bond motifs is 5. The molecule has 0 aromatic carbocycles. The number of ether oxygens (including phenoxy) is 1. The van der Waals surface area contributed by atoms with Gasteiger partial charge in [-0.15, -0.1) is 0 Å². The fourth-order valence-electron chi connectivity index (χ4n) is 7.50. The summed E-state index contributed by atoms with van der Waals surface area (Å²) in [7, 11) is 0. The molecule has 134 valence electrons. The lowest BCUT2D eigenvalue weighted by atomic mass is 9.45. The first-order valence-corrected chi connectivity index (χ1v) is 10.2. The van der Waals surface area contributed by atoms with Gasteiger partial charge in [0.25, 0.3) is 0 Å². The molecule has 0 radical (unpaired) electrons. The molecule has 0 amide bonds. The molecule has 4 saturated carbocycles. The van der Waals surface area contributed by atoms with Gasteiger partial charge in [-0.3, -0.25) is 4.79 Å². The highest BCUT2D eigenvalue weighted by Gasteiger charge is 2.60. The van der Waals surface area contributed by atoms with E-state index < -0.39 is 0 Å². The van der Waals surface area contributed by atoms with Crippen molar-refractivity contribution in [3.63, 3.8) is 0 Å². The van der Waals surface area contributed by atoms with Crippen LogP contribution in [0.25, 0.3) is 0 Å². The Labute approximate surface area is 147 Å². The number of hydrogen-bond acceptors (Lipinski definition) is 2. The van der Waals surface area contributed by atoms with Gasteiger partial charge in [0.2, 0.25) is 0 Å². The molecule has 2 nitrogen and oxygen atoms in total. The molecular weight excluding hydrogens is 296 g/mol. The fraction of sp³-hybridized carbons (Fsp3) is 0.864. The molecule has 0 unspecified atom stereocenters. The van der Waals surface area contributed by atoms with E-state index in [2.05, 4.69) is 20.4 Å². The van der Waals surface area contributed by atoms with Crippen LogP contribution in [0, 0.1) is 34.5 Å². The second-order valence-electron chi connectivity index (χ2n) is 9.83. The SMILES string of the molecule is C=C1CC[C@@]2(C)[C@@H](CC[C@@H]3[C@@H]2CC[C@]2(C)[C@@H](OC(C)=O)CC[C@@H]32)C1. The summed E-state index contributed by atoms with van der Waals surface area (Å²) < 4.78 is 5.76. The molecule has 0 saturated heterocycles. The average molecular weight is 331 g/mol. The maximum atomic E-state index is 11.5. The van der Waals surface area contributed by atoms with Crippen LogP contribution in [0.15, 0.2) is 12.2 Å². The molecule has 0 heterocycles. The third-order valence-corrected chi connectivity index (χ3v) is 8.84. The van der Waals surface area contributed by atoms with Crippen LogP contribution in [0.1, 0.15) is 78.6 Å². The lowest BCUT2D eigenvalue weighted by Gasteiger charge is -2.60. The predicted molar refractivity (Wildman–Crippen MR) is 96.4 cm³/mol. The number of allylic oxidation sites excluding steroid dienone is 1. The van der Waals surface area contributed by atoms with Crippen LogP contribution in [0.5, 0.6) is 0 Å². The Morgan fingerprint density at radius 2 is 1.79 bits per heavy atom. The predicted octanol–water partition coefficient (Wildman–Crippen LogP) is 5.52. The highest BCUT2D eigenvalue weighted by Crippen LogP contribution is 2.66. The third-order valence-electron chi connectivity index (χ3n) is 8.84. The molecule has 0 aromatic rings. The molecule has 4 aliphatic rings. The normalized spacial score (nSPS) is 50.6. The van der Waals surface area contributed by atoms with Gasteiger partial charge < -0.3 is 4.74 Å². The van der Waals surface area contributed by atoms with Crippen molar-refractivity contribution in [3.05, 3.63) is 12.2 Å². The highest BCUT2D eigenvalue weighted by molar-refractivity contribution is 5.66. The Bertz CT molecular complexity index is 552. The number of carbonyl (C=O) groups is 1. The quantitative estimate of drug-likeness (QED) is 0.467. The lowest BCUT2D eigenvalue weighted by molar-refractivity contribution is -0.160. The van der Waals surface area contributed by atoms with Crippen molar-refractivity contribution >= 4 is 5.97 Å². The monoisotopic (exact) mass is 330 g/mol. The summed E-state index contributed by atoms with van der Waals surface area (Å²) in [5.41, 5.74) is 2.26. The zero-order valence-corrected chi connectivity index (χ0v) is 15.8. The molecule has 24 heavy (non-hydrogen) atoms. The molecule has 4 aliphatic carbocycles. The lowest BCUT2D eigenvalue weighted by Crippen LogP contribution is -2.53. The van der Waals surface area contributed by atoms with Gasteiger partial charge in [0.05, 0.1) is 0 Å². The minimum absolute atomic E-state index is 0.0922. The first kappa shape index (κ1) is 16.7. The summed E-state index contributed by atoms with van der Waals surface area (Å²) in [6.45, 7) is 10.9. The topological polar surface area (TPSA) is 26.3 Å². The highest BCUT2D eigenvalue weighted by atomic mass is 16.5. The van der Waals surface area contributed by atoms with Crippen LogP contribution in [0.4, 0.5) is 0 Å². The molecule has 7 atom stereocenters. The summed E-state index contributed by atoms with van der Waals surface area (Å²) >= 11 is 0. The Morgan fingerprint density at radius 1 is 1.04 bits per heavy atom. The number of carbonyl (C=O) groups excluding carboxylic acids is 1. The Hall–Kier alpha value is -0.790. The van der Waals surface area contributed by atoms with E-state index in [0.717, 1.165) is 30.1 Å². The van der Waals surface area contributed by atoms with Crippen molar-refractivity contribution in [2.24, 2.45) is 34.5 Å². The van der Waals surface area contributed by atoms with Crippen molar-refractivity contribution in [2.45, 2.75) is 84.7 Å². The standard InChI is InChI=1S/C22H34O2/c1-14-9-11-21(3)16(13-14)5-6-17-18-7-8-20(24-15(2)23)22(18,4)12-10-19(17)21/h16-20H,1,5-13H2,2-4H3/t16-,17-,18-,19-,20-,21-,22-/m0/s1. The van der Waals surface area contributed by atoms with Gasteiger partial charge in [-0.05, 0) is 86.9 Å². The zero-order chi connectivity index (χ0) is 17.1. The van der Waals surface area contributed by atoms with E-state index in [1.165, 1.54) is 56.9 Å². The van der Waals surface area contributed by atoms with E-state index in [1.54, 1.807) is 6.92 Å². The zero-order valence-electron chi connectivity index (χ0n) is 15.8. The Morgan fingerprint density at radius 3 is 2.54 bits per heavy atom. The summed E-state index contributed by atoms with van der Waals surface area (Å²) in [4.78, 5) is 11.5. The molecule has 0 aliphatic heterocycles. The Kier molecular flexibility index (Phi) is 3.89. The number of esters is 1. The van der Waals surface area contributed by atoms with E-state index in [-0.39, 0.29) is 17.5 Å². The van der Waals surface area contributed by atoms with Gasteiger partial charge in [-0.25, -0.2) is 0 Å². The number of hydrogen-bond donors (Lipinski definition) is 0. The van der Waals surface area contributed by atoms with Crippen LogP contribution < -0.4 is 0 Å². The molecule has 0 aromatic heterocycles. The molecule has 4 rings (SSSR count). The largest absolute Gasteiger partial charge is 0.462 e. The van der Waals surface area contributed by atoms with Gasteiger partial charge in [-0.1, -0.05) is 26.0 Å². The van der Waals surface area contributed by atoms with Crippen LogP contribution in [-0.4, -0.2) is 12.1 Å². The van der Waals surface area contributed by atoms with E-state index in [1.807, 2.05) is 0 Å². The van der Waals surface area contributed by atoms with Gasteiger partial charge in [0.1, 0.15) is 6.10 Å². The van der Waals surface area contributed by atoms with E-state index in [9.17, 15) is 4.79 Å². The van der Waals surface area contributed by atoms with Crippen LogP contribution >= 0.6 is 0 Å². The van der Waals surface area contributed by atoms with Gasteiger partial charge in [0.15, 0.2) is 0 Å². The summed E-state index contributed by atoms with van der Waals surface area (Å²) in [5, 5.41) is 0. The first-order chi connectivity index (χ1) is 11.3. The maximum absolute atomic E-state index is 11.5. The van der Waals surface area contributed by atoms with Crippen molar-refractivity contribution in [2.75, 3.05) is 0 Å². The van der Waals surface area contributed by atoms with Crippen LogP contribution in [-0.2, 0) is 9.53 Å². The third kappa shape index (κ3) is 2.31. The minimum atomic E-state index is -0.0922. The molecular formula is C22H34O2. The van der Waals surface area contributed by atoms with E-state index in [0.29, 0.717) is 5.41 Å². The van der Waals surface area contributed by atoms with Gasteiger partial charge in [0, 0.05) is 12.3 Å². The average Bonchev–Trinajstić information content (AvgIpc) is 2.84. The second-order valence-corrected chi connectivity index (χ2v) is 9.83. The minimum Gasteiger partial charge on any atom is -0.462 e. The summed E-state index contributed by atoms with van der Waals surface area (Å²) in [5.74, 6) is 3.29.